The van der Waals surface area contributed by atoms with Crippen molar-refractivity contribution in [2.45, 2.75) is 6.92 Å². The molecule has 2 aromatic rings. The summed E-state index contributed by atoms with van der Waals surface area (Å²) in [7, 11) is 0. The molecule has 116 valence electrons. The van der Waals surface area contributed by atoms with E-state index < -0.39 is 11.9 Å². The fourth-order valence-corrected chi connectivity index (χ4v) is 1.97. The topological polar surface area (TPSA) is 52.6 Å². The van der Waals surface area contributed by atoms with Crippen molar-refractivity contribution >= 4 is 11.9 Å². The Morgan fingerprint density at radius 3 is 2.00 bits per heavy atom. The molecule has 0 atom stereocenters. The zero-order valence-electron chi connectivity index (χ0n) is 12.7. The molecule has 0 unspecified atom stereocenters. The van der Waals surface area contributed by atoms with Crippen molar-refractivity contribution in [3.63, 3.8) is 0 Å². The van der Waals surface area contributed by atoms with E-state index in [1.165, 1.54) is 0 Å². The van der Waals surface area contributed by atoms with Crippen LogP contribution >= 0.6 is 0 Å². The SMILES string of the molecule is C=CC(=O)Oc1ccc(-c2ccc(OC(=O)C=C)c(C)c2)cc1. The first-order valence-electron chi connectivity index (χ1n) is 6.93. The lowest BCUT2D eigenvalue weighted by atomic mass is 10.0. The number of aryl methyl sites for hydroxylation is 1. The van der Waals surface area contributed by atoms with Gasteiger partial charge in [-0.15, -0.1) is 0 Å². The van der Waals surface area contributed by atoms with Gasteiger partial charge in [0.25, 0.3) is 0 Å². The molecule has 0 aliphatic carbocycles. The fraction of sp³-hybridized carbons (Fsp3) is 0.0526. The van der Waals surface area contributed by atoms with Crippen LogP contribution in [-0.4, -0.2) is 11.9 Å². The standard InChI is InChI=1S/C19H16O4/c1-4-18(20)22-16-9-6-14(7-10-16)15-8-11-17(13(3)12-15)23-19(21)5-2/h4-12H,1-2H2,3H3. The van der Waals surface area contributed by atoms with Crippen LogP contribution in [0.3, 0.4) is 0 Å². The second-order valence-corrected chi connectivity index (χ2v) is 4.76. The minimum absolute atomic E-state index is 0.451. The molecule has 0 aromatic heterocycles. The highest BCUT2D eigenvalue weighted by atomic mass is 16.5. The second kappa shape index (κ2) is 7.22. The number of carbonyl (C=O) groups is 2. The largest absolute Gasteiger partial charge is 0.423 e. The molecule has 0 amide bonds. The molecule has 0 heterocycles. The maximum atomic E-state index is 11.2. The van der Waals surface area contributed by atoms with Crippen LogP contribution in [0.5, 0.6) is 11.5 Å². The van der Waals surface area contributed by atoms with Gasteiger partial charge in [0, 0.05) is 12.2 Å². The molecule has 0 N–H and O–H groups in total. The molecule has 2 aromatic carbocycles. The molecular weight excluding hydrogens is 292 g/mol. The van der Waals surface area contributed by atoms with Crippen LogP contribution < -0.4 is 9.47 Å². The number of rotatable bonds is 5. The second-order valence-electron chi connectivity index (χ2n) is 4.76. The quantitative estimate of drug-likeness (QED) is 0.478. The van der Waals surface area contributed by atoms with E-state index in [9.17, 15) is 9.59 Å². The van der Waals surface area contributed by atoms with Crippen LogP contribution in [0.25, 0.3) is 11.1 Å². The number of hydrogen-bond acceptors (Lipinski definition) is 4. The van der Waals surface area contributed by atoms with Crippen molar-refractivity contribution in [1.29, 1.82) is 0 Å². The van der Waals surface area contributed by atoms with Crippen LogP contribution in [0, 0.1) is 6.92 Å². The minimum Gasteiger partial charge on any atom is -0.423 e. The number of hydrogen-bond donors (Lipinski definition) is 0. The molecule has 4 heteroatoms. The van der Waals surface area contributed by atoms with E-state index in [2.05, 4.69) is 13.2 Å². The van der Waals surface area contributed by atoms with Crippen LogP contribution in [0.4, 0.5) is 0 Å². The van der Waals surface area contributed by atoms with E-state index in [0.717, 1.165) is 28.8 Å². The maximum absolute atomic E-state index is 11.2. The highest BCUT2D eigenvalue weighted by Gasteiger charge is 2.07. The average molecular weight is 308 g/mol. The Morgan fingerprint density at radius 2 is 1.43 bits per heavy atom. The van der Waals surface area contributed by atoms with Gasteiger partial charge in [0.15, 0.2) is 0 Å². The Morgan fingerprint density at radius 1 is 0.870 bits per heavy atom. The zero-order valence-corrected chi connectivity index (χ0v) is 12.7. The normalized spacial score (nSPS) is 9.78. The van der Waals surface area contributed by atoms with Gasteiger partial charge in [-0.3, -0.25) is 0 Å². The smallest absolute Gasteiger partial charge is 0.335 e. The monoisotopic (exact) mass is 308 g/mol. The molecule has 0 aliphatic heterocycles. The predicted octanol–water partition coefficient (Wildman–Crippen LogP) is 3.84. The number of benzene rings is 2. The van der Waals surface area contributed by atoms with E-state index in [0.29, 0.717) is 11.5 Å². The van der Waals surface area contributed by atoms with Crippen LogP contribution in [0.1, 0.15) is 5.56 Å². The molecule has 2 rings (SSSR count). The molecule has 0 radical (unpaired) electrons. The van der Waals surface area contributed by atoms with Crippen molar-refractivity contribution in [2.75, 3.05) is 0 Å². The lowest BCUT2D eigenvalue weighted by Crippen LogP contribution is -2.04. The third-order valence-electron chi connectivity index (χ3n) is 3.12. The third-order valence-corrected chi connectivity index (χ3v) is 3.12. The van der Waals surface area contributed by atoms with E-state index >= 15 is 0 Å². The predicted molar refractivity (Wildman–Crippen MR) is 88.3 cm³/mol. The van der Waals surface area contributed by atoms with Crippen molar-refractivity contribution in [3.8, 4) is 22.6 Å². The van der Waals surface area contributed by atoms with Gasteiger partial charge >= 0.3 is 11.9 Å². The van der Waals surface area contributed by atoms with Crippen molar-refractivity contribution in [3.05, 3.63) is 73.3 Å². The minimum atomic E-state index is -0.498. The van der Waals surface area contributed by atoms with Crippen LogP contribution in [0.15, 0.2) is 67.8 Å². The summed E-state index contributed by atoms with van der Waals surface area (Å²) in [6.45, 7) is 8.58. The lowest BCUT2D eigenvalue weighted by Gasteiger charge is -2.09. The summed E-state index contributed by atoms with van der Waals surface area (Å²) in [5, 5.41) is 0. The van der Waals surface area contributed by atoms with Gasteiger partial charge in [0.05, 0.1) is 0 Å². The highest BCUT2D eigenvalue weighted by Crippen LogP contribution is 2.27. The molecular formula is C19H16O4. The summed E-state index contributed by atoms with van der Waals surface area (Å²) in [6, 6.07) is 12.6. The Kier molecular flexibility index (Phi) is 5.10. The molecule has 0 saturated heterocycles. The first-order valence-corrected chi connectivity index (χ1v) is 6.93. The molecule has 0 bridgehead atoms. The number of ether oxygens (including phenoxy) is 2. The summed E-state index contributed by atoms with van der Waals surface area (Å²) in [5.74, 6) is -0.0432. The summed E-state index contributed by atoms with van der Waals surface area (Å²) in [4.78, 5) is 22.4. The first-order chi connectivity index (χ1) is 11.0. The van der Waals surface area contributed by atoms with Gasteiger partial charge < -0.3 is 9.47 Å². The third kappa shape index (κ3) is 4.17. The van der Waals surface area contributed by atoms with E-state index in [-0.39, 0.29) is 0 Å². The van der Waals surface area contributed by atoms with E-state index in [4.69, 9.17) is 9.47 Å². The Labute approximate surface area is 134 Å². The van der Waals surface area contributed by atoms with E-state index in [1.807, 2.05) is 31.2 Å². The average Bonchev–Trinajstić information content (AvgIpc) is 2.57. The fourth-order valence-electron chi connectivity index (χ4n) is 1.97. The molecule has 0 fully saturated rings. The number of esters is 2. The lowest BCUT2D eigenvalue weighted by molar-refractivity contribution is -0.129. The zero-order chi connectivity index (χ0) is 16.8. The van der Waals surface area contributed by atoms with Gasteiger partial charge in [-0.1, -0.05) is 31.4 Å². The Balaban J connectivity index is 2.20. The molecule has 4 nitrogen and oxygen atoms in total. The van der Waals surface area contributed by atoms with Gasteiger partial charge in [-0.05, 0) is 47.9 Å². The Bertz CT molecular complexity index is 757. The molecule has 23 heavy (non-hydrogen) atoms. The first kappa shape index (κ1) is 16.2. The molecule has 0 saturated carbocycles. The summed E-state index contributed by atoms with van der Waals surface area (Å²) in [6.07, 6.45) is 2.23. The van der Waals surface area contributed by atoms with E-state index in [1.54, 1.807) is 18.2 Å². The highest BCUT2D eigenvalue weighted by molar-refractivity contribution is 5.84. The van der Waals surface area contributed by atoms with Gasteiger partial charge in [0.2, 0.25) is 0 Å². The van der Waals surface area contributed by atoms with Crippen molar-refractivity contribution in [2.24, 2.45) is 0 Å². The number of carbonyl (C=O) groups excluding carboxylic acids is 2. The maximum Gasteiger partial charge on any atom is 0.335 e. The summed E-state index contributed by atoms with van der Waals surface area (Å²) >= 11 is 0. The van der Waals surface area contributed by atoms with Crippen molar-refractivity contribution < 1.29 is 19.1 Å². The summed E-state index contributed by atoms with van der Waals surface area (Å²) < 4.78 is 10.2. The molecule has 0 spiro atoms. The van der Waals surface area contributed by atoms with Gasteiger partial charge in [-0.25, -0.2) is 9.59 Å². The summed E-state index contributed by atoms with van der Waals surface area (Å²) in [5.41, 5.74) is 2.75. The Hall–Kier alpha value is -3.14. The molecule has 0 aliphatic rings. The van der Waals surface area contributed by atoms with Crippen LogP contribution in [-0.2, 0) is 9.59 Å². The van der Waals surface area contributed by atoms with Crippen molar-refractivity contribution in [1.82, 2.24) is 0 Å². The van der Waals surface area contributed by atoms with Gasteiger partial charge in [0.1, 0.15) is 11.5 Å². The van der Waals surface area contributed by atoms with Crippen LogP contribution in [0.2, 0.25) is 0 Å². The van der Waals surface area contributed by atoms with Gasteiger partial charge in [-0.2, -0.15) is 0 Å².